The van der Waals surface area contributed by atoms with Crippen molar-refractivity contribution >= 4 is 38.6 Å². The normalized spacial score (nSPS) is 13.9. The van der Waals surface area contributed by atoms with Crippen LogP contribution in [0.2, 0.25) is 0 Å². The number of nitrogens with zero attached hydrogens (tertiary/aromatic N) is 3. The van der Waals surface area contributed by atoms with Gasteiger partial charge in [0.25, 0.3) is 0 Å². The maximum absolute atomic E-state index is 5.47. The number of para-hydroxylation sites is 2. The van der Waals surface area contributed by atoms with E-state index in [0.29, 0.717) is 5.82 Å². The minimum absolute atomic E-state index is 0.545. The standard InChI is InChI=1S/C74H47N3/c1-2-27-53(28-3-1)77-70-42-17-16-41-66(70)74(64-39-14-12-37-62(64)73(63-38-13-15-40-65(63)74)60-35-10-8-31-56(60)57-32-9-11-36-61(57)73)67-46-51(43-44-71(67)77)50-25-18-26-52(45-50)68-47-69(58-33-19-23-48-21-4-6-29-54(48)58)76-72(75-68)59-34-20-24-49-22-5-7-30-55(49)59/h1-47H. The SMILES string of the molecule is c1ccc(N2c3ccccc3C3(c4cc(-c5cccc(-c6cc(-c7cccc8ccccc78)nc(-c7cccc8ccccc78)n6)c5)ccc42)c2ccccc2C2(c4ccccc4-c4ccccc42)c2ccccc23)cc1. The van der Waals surface area contributed by atoms with Crippen molar-refractivity contribution in [3.63, 3.8) is 0 Å². The first-order valence-electron chi connectivity index (χ1n) is 26.6. The molecule has 0 atom stereocenters. The first kappa shape index (κ1) is 43.4. The molecule has 358 valence electrons. The second-order valence-corrected chi connectivity index (χ2v) is 20.7. The molecule has 0 bridgehead atoms. The van der Waals surface area contributed by atoms with Gasteiger partial charge in [0.05, 0.1) is 33.6 Å². The van der Waals surface area contributed by atoms with Crippen molar-refractivity contribution in [2.75, 3.05) is 4.90 Å². The van der Waals surface area contributed by atoms with E-state index in [9.17, 15) is 0 Å². The first-order valence-corrected chi connectivity index (χ1v) is 26.6. The molecular weight excluding hydrogens is 931 g/mol. The van der Waals surface area contributed by atoms with Gasteiger partial charge in [-0.25, -0.2) is 9.97 Å². The molecule has 3 nitrogen and oxygen atoms in total. The number of rotatable bonds is 5. The van der Waals surface area contributed by atoms with Gasteiger partial charge < -0.3 is 4.90 Å². The van der Waals surface area contributed by atoms with Crippen LogP contribution in [0.3, 0.4) is 0 Å². The molecule has 0 saturated heterocycles. The highest BCUT2D eigenvalue weighted by Gasteiger charge is 2.59. The molecule has 77 heavy (non-hydrogen) atoms. The predicted molar refractivity (Wildman–Crippen MR) is 316 cm³/mol. The lowest BCUT2D eigenvalue weighted by Gasteiger charge is -2.53. The summed E-state index contributed by atoms with van der Waals surface area (Å²) in [4.78, 5) is 13.4. The first-order chi connectivity index (χ1) is 38.2. The van der Waals surface area contributed by atoms with Crippen LogP contribution in [0.15, 0.2) is 285 Å². The van der Waals surface area contributed by atoms with Gasteiger partial charge in [-0.2, -0.15) is 0 Å². The molecule has 1 aliphatic heterocycles. The smallest absolute Gasteiger partial charge is 0.161 e. The van der Waals surface area contributed by atoms with E-state index >= 15 is 0 Å². The fraction of sp³-hybridized carbons (Fsp3) is 0.0270. The van der Waals surface area contributed by atoms with E-state index < -0.39 is 10.8 Å². The number of benzene rings is 12. The zero-order valence-electron chi connectivity index (χ0n) is 42.0. The van der Waals surface area contributed by atoms with Crippen molar-refractivity contribution < 1.29 is 0 Å². The molecule has 0 fully saturated rings. The van der Waals surface area contributed by atoms with Crippen LogP contribution in [0.1, 0.15) is 44.5 Å². The molecule has 0 unspecified atom stereocenters. The van der Waals surface area contributed by atoms with Crippen LogP contribution in [-0.4, -0.2) is 9.97 Å². The molecule has 0 radical (unpaired) electrons. The monoisotopic (exact) mass is 977 g/mol. The summed E-state index contributed by atoms with van der Waals surface area (Å²) in [5.74, 6) is 0.697. The third kappa shape index (κ3) is 6.14. The van der Waals surface area contributed by atoms with Crippen molar-refractivity contribution in [1.82, 2.24) is 9.97 Å². The van der Waals surface area contributed by atoms with Gasteiger partial charge in [0, 0.05) is 22.4 Å². The van der Waals surface area contributed by atoms with Crippen molar-refractivity contribution in [2.45, 2.75) is 10.8 Å². The average molecular weight is 978 g/mol. The topological polar surface area (TPSA) is 29.0 Å². The Bertz CT molecular complexity index is 4350. The van der Waals surface area contributed by atoms with Crippen molar-refractivity contribution in [3.05, 3.63) is 330 Å². The van der Waals surface area contributed by atoms with E-state index in [0.717, 1.165) is 66.7 Å². The summed E-state index contributed by atoms with van der Waals surface area (Å²) in [6.45, 7) is 0. The Balaban J connectivity index is 0.948. The largest absolute Gasteiger partial charge is 0.310 e. The Morgan fingerprint density at radius 1 is 0.260 bits per heavy atom. The zero-order valence-corrected chi connectivity index (χ0v) is 42.0. The van der Waals surface area contributed by atoms with Crippen LogP contribution in [0, 0.1) is 0 Å². The summed E-state index contributed by atoms with van der Waals surface area (Å²) < 4.78 is 0. The van der Waals surface area contributed by atoms with Crippen LogP contribution in [0.4, 0.5) is 17.1 Å². The highest BCUT2D eigenvalue weighted by atomic mass is 15.2. The number of hydrogen-bond acceptors (Lipinski definition) is 3. The molecule has 3 heteroatoms. The molecule has 16 rings (SSSR count). The maximum atomic E-state index is 5.47. The lowest BCUT2D eigenvalue weighted by atomic mass is 9.50. The van der Waals surface area contributed by atoms with Crippen LogP contribution < -0.4 is 4.90 Å². The summed E-state index contributed by atoms with van der Waals surface area (Å²) in [6, 6.07) is 105. The molecule has 3 aliphatic rings. The number of anilines is 3. The number of aromatic nitrogens is 2. The molecule has 2 aliphatic carbocycles. The van der Waals surface area contributed by atoms with Crippen molar-refractivity contribution in [1.29, 1.82) is 0 Å². The lowest BCUT2D eigenvalue weighted by Crippen LogP contribution is -2.47. The molecule has 1 aromatic heterocycles. The number of hydrogen-bond donors (Lipinski definition) is 0. The zero-order chi connectivity index (χ0) is 50.7. The third-order valence-electron chi connectivity index (χ3n) is 16.9. The second-order valence-electron chi connectivity index (χ2n) is 20.7. The fourth-order valence-corrected chi connectivity index (χ4v) is 13.9. The quantitative estimate of drug-likeness (QED) is 0.172. The van der Waals surface area contributed by atoms with E-state index in [1.54, 1.807) is 0 Å². The Kier molecular flexibility index (Phi) is 9.47. The van der Waals surface area contributed by atoms with E-state index in [1.165, 1.54) is 66.7 Å². The molecule has 0 amide bonds. The Morgan fingerprint density at radius 2 is 0.701 bits per heavy atom. The Hall–Kier alpha value is -9.96. The molecular formula is C74H47N3. The minimum Gasteiger partial charge on any atom is -0.310 e. The highest BCUT2D eigenvalue weighted by molar-refractivity contribution is 6.00. The van der Waals surface area contributed by atoms with E-state index in [1.807, 2.05) is 0 Å². The molecule has 13 aromatic rings. The summed E-state index contributed by atoms with van der Waals surface area (Å²) in [5, 5.41) is 4.61. The van der Waals surface area contributed by atoms with Gasteiger partial charge in [0.2, 0.25) is 0 Å². The third-order valence-corrected chi connectivity index (χ3v) is 16.9. The second kappa shape index (κ2) is 16.8. The maximum Gasteiger partial charge on any atom is 0.161 e. The molecule has 2 heterocycles. The molecule has 0 N–H and O–H groups in total. The fourth-order valence-electron chi connectivity index (χ4n) is 13.9. The minimum atomic E-state index is -0.719. The van der Waals surface area contributed by atoms with Gasteiger partial charge in [-0.05, 0) is 131 Å². The molecule has 2 spiro atoms. The van der Waals surface area contributed by atoms with Crippen LogP contribution in [0.25, 0.3) is 77.7 Å². The molecule has 0 saturated carbocycles. The van der Waals surface area contributed by atoms with Crippen LogP contribution in [0.5, 0.6) is 0 Å². The summed E-state index contributed by atoms with van der Waals surface area (Å²) >= 11 is 0. The summed E-state index contributed by atoms with van der Waals surface area (Å²) in [6.07, 6.45) is 0. The predicted octanol–water partition coefficient (Wildman–Crippen LogP) is 18.3. The van der Waals surface area contributed by atoms with E-state index in [4.69, 9.17) is 9.97 Å². The summed E-state index contributed by atoms with van der Waals surface area (Å²) in [5.41, 5.74) is 22.2. The van der Waals surface area contributed by atoms with Gasteiger partial charge in [-0.3, -0.25) is 0 Å². The molecule has 12 aromatic carbocycles. The van der Waals surface area contributed by atoms with Crippen molar-refractivity contribution in [3.8, 4) is 56.2 Å². The number of fused-ring (bicyclic) bond motifs is 17. The summed E-state index contributed by atoms with van der Waals surface area (Å²) in [7, 11) is 0. The average Bonchev–Trinajstić information content (AvgIpc) is 3.89. The van der Waals surface area contributed by atoms with Gasteiger partial charge in [0.1, 0.15) is 0 Å². The van der Waals surface area contributed by atoms with Gasteiger partial charge >= 0.3 is 0 Å². The van der Waals surface area contributed by atoms with Crippen molar-refractivity contribution in [2.24, 2.45) is 0 Å². The Labute approximate surface area is 447 Å². The van der Waals surface area contributed by atoms with E-state index in [2.05, 4.69) is 290 Å². The van der Waals surface area contributed by atoms with Crippen LogP contribution >= 0.6 is 0 Å². The highest BCUT2D eigenvalue weighted by Crippen LogP contribution is 2.68. The van der Waals surface area contributed by atoms with Crippen LogP contribution in [-0.2, 0) is 10.8 Å². The van der Waals surface area contributed by atoms with Gasteiger partial charge in [-0.1, -0.05) is 243 Å². The van der Waals surface area contributed by atoms with Gasteiger partial charge in [0.15, 0.2) is 5.82 Å². The Morgan fingerprint density at radius 3 is 1.36 bits per heavy atom. The lowest BCUT2D eigenvalue weighted by molar-refractivity contribution is 0.619. The van der Waals surface area contributed by atoms with Gasteiger partial charge in [-0.15, -0.1) is 0 Å². The van der Waals surface area contributed by atoms with E-state index in [-0.39, 0.29) is 0 Å².